The number of hydrogen-bond donors (Lipinski definition) is 1. The van der Waals surface area contributed by atoms with Gasteiger partial charge in [-0.25, -0.2) is 0 Å². The molecule has 1 saturated heterocycles. The maximum absolute atomic E-state index is 10.5. The van der Waals surface area contributed by atoms with Crippen LogP contribution in [0.1, 0.15) is 13.3 Å². The Hall–Kier alpha value is -0.630. The Morgan fingerprint density at radius 2 is 2.50 bits per heavy atom. The zero-order chi connectivity index (χ0) is 7.40. The number of rotatable bonds is 1. The second-order valence-corrected chi connectivity index (χ2v) is 2.57. The van der Waals surface area contributed by atoms with Crippen molar-refractivity contribution in [2.75, 3.05) is 13.1 Å². The lowest BCUT2D eigenvalue weighted by molar-refractivity contribution is -0.110. The van der Waals surface area contributed by atoms with Gasteiger partial charge in [0.15, 0.2) is 0 Å². The summed E-state index contributed by atoms with van der Waals surface area (Å²) in [6.45, 7) is 3.85. The largest absolute Gasteiger partial charge is 0.313 e. The summed E-state index contributed by atoms with van der Waals surface area (Å²) in [4.78, 5) is 10.5. The van der Waals surface area contributed by atoms with Crippen LogP contribution in [-0.2, 0) is 4.79 Å². The van der Waals surface area contributed by atoms with E-state index in [1.165, 1.54) is 5.57 Å². The Bertz CT molecular complexity index is 151. The van der Waals surface area contributed by atoms with Gasteiger partial charge in [0.05, 0.1) is 0 Å². The molecule has 0 bridgehead atoms. The number of carbonyl (C=O) groups excluding carboxylic acids is 1. The molecule has 10 heavy (non-hydrogen) atoms. The molecule has 1 rings (SSSR count). The molecule has 1 aliphatic heterocycles. The van der Waals surface area contributed by atoms with E-state index in [0.717, 1.165) is 25.8 Å². The third-order valence-electron chi connectivity index (χ3n) is 1.97. The van der Waals surface area contributed by atoms with E-state index in [-0.39, 0.29) is 5.92 Å². The summed E-state index contributed by atoms with van der Waals surface area (Å²) in [6.07, 6.45) is 4.05. The molecule has 0 aromatic carbocycles. The summed E-state index contributed by atoms with van der Waals surface area (Å²) in [5, 5.41) is 3.22. The summed E-state index contributed by atoms with van der Waals surface area (Å²) in [7, 11) is 0. The lowest BCUT2D eigenvalue weighted by atomic mass is 9.94. The number of allylic oxidation sites excluding steroid dienone is 1. The molecule has 0 amide bonds. The summed E-state index contributed by atoms with van der Waals surface area (Å²) in [5.41, 5.74) is 1.24. The fourth-order valence-electron chi connectivity index (χ4n) is 1.28. The summed E-state index contributed by atoms with van der Waals surface area (Å²) in [5.74, 6) is 0.186. The van der Waals surface area contributed by atoms with Crippen molar-refractivity contribution in [2.45, 2.75) is 13.3 Å². The second kappa shape index (κ2) is 3.52. The van der Waals surface area contributed by atoms with Crippen molar-refractivity contribution < 1.29 is 4.79 Å². The molecule has 0 aromatic rings. The number of hydrogen-bond acceptors (Lipinski definition) is 2. The van der Waals surface area contributed by atoms with Crippen LogP contribution in [0.3, 0.4) is 0 Å². The second-order valence-electron chi connectivity index (χ2n) is 2.57. The molecule has 1 fully saturated rings. The quantitative estimate of drug-likeness (QED) is 0.429. The van der Waals surface area contributed by atoms with Crippen molar-refractivity contribution in [1.82, 2.24) is 5.32 Å². The van der Waals surface area contributed by atoms with Gasteiger partial charge in [0.25, 0.3) is 0 Å². The van der Waals surface area contributed by atoms with E-state index in [1.807, 2.05) is 13.0 Å². The minimum absolute atomic E-state index is 0.186. The normalized spacial score (nSPS) is 30.5. The van der Waals surface area contributed by atoms with Gasteiger partial charge in [-0.3, -0.25) is 0 Å². The standard InChI is InChI=1S/C8H13NO/c1-2-7-5-9-4-3-8(7)6-10/h2,6,8-9H,3-5H2,1H3/b7-2-/t8-/m1/s1. The van der Waals surface area contributed by atoms with Crippen LogP contribution in [0.5, 0.6) is 0 Å². The topological polar surface area (TPSA) is 29.1 Å². The fourth-order valence-corrected chi connectivity index (χ4v) is 1.28. The van der Waals surface area contributed by atoms with Gasteiger partial charge in [-0.15, -0.1) is 0 Å². The molecular formula is C8H13NO. The van der Waals surface area contributed by atoms with Crippen molar-refractivity contribution in [3.63, 3.8) is 0 Å². The third kappa shape index (κ3) is 1.45. The zero-order valence-corrected chi connectivity index (χ0v) is 6.26. The smallest absolute Gasteiger partial charge is 0.127 e. The van der Waals surface area contributed by atoms with Gasteiger partial charge in [-0.05, 0) is 19.9 Å². The molecule has 0 radical (unpaired) electrons. The molecule has 1 atom stereocenters. The molecular weight excluding hydrogens is 126 g/mol. The van der Waals surface area contributed by atoms with E-state index in [9.17, 15) is 4.79 Å². The molecule has 0 aliphatic carbocycles. The van der Waals surface area contributed by atoms with Crippen molar-refractivity contribution in [2.24, 2.45) is 5.92 Å². The third-order valence-corrected chi connectivity index (χ3v) is 1.97. The van der Waals surface area contributed by atoms with Gasteiger partial charge in [-0.2, -0.15) is 0 Å². The van der Waals surface area contributed by atoms with Crippen LogP contribution in [0.15, 0.2) is 11.6 Å². The van der Waals surface area contributed by atoms with E-state index >= 15 is 0 Å². The Labute approximate surface area is 61.3 Å². The van der Waals surface area contributed by atoms with E-state index in [2.05, 4.69) is 5.32 Å². The highest BCUT2D eigenvalue weighted by atomic mass is 16.1. The molecule has 0 unspecified atom stereocenters. The molecule has 1 aliphatic rings. The average molecular weight is 139 g/mol. The number of piperidine rings is 1. The average Bonchev–Trinajstić information content (AvgIpc) is 2.04. The Kier molecular flexibility index (Phi) is 2.63. The first-order valence-electron chi connectivity index (χ1n) is 3.69. The minimum atomic E-state index is 0.186. The first kappa shape index (κ1) is 7.48. The van der Waals surface area contributed by atoms with Crippen LogP contribution in [0.25, 0.3) is 0 Å². The molecule has 1 heterocycles. The predicted molar refractivity (Wildman–Crippen MR) is 40.8 cm³/mol. The van der Waals surface area contributed by atoms with E-state index in [4.69, 9.17) is 0 Å². The van der Waals surface area contributed by atoms with Crippen molar-refractivity contribution >= 4 is 6.29 Å². The maximum atomic E-state index is 10.5. The van der Waals surface area contributed by atoms with Gasteiger partial charge in [0.1, 0.15) is 6.29 Å². The molecule has 1 N–H and O–H groups in total. The molecule has 2 nitrogen and oxygen atoms in total. The maximum Gasteiger partial charge on any atom is 0.127 e. The fraction of sp³-hybridized carbons (Fsp3) is 0.625. The Morgan fingerprint density at radius 1 is 1.70 bits per heavy atom. The zero-order valence-electron chi connectivity index (χ0n) is 6.26. The lowest BCUT2D eigenvalue weighted by Crippen LogP contribution is -2.30. The van der Waals surface area contributed by atoms with E-state index in [1.54, 1.807) is 0 Å². The summed E-state index contributed by atoms with van der Waals surface area (Å²) >= 11 is 0. The van der Waals surface area contributed by atoms with Crippen molar-refractivity contribution in [1.29, 1.82) is 0 Å². The minimum Gasteiger partial charge on any atom is -0.313 e. The molecule has 0 saturated carbocycles. The number of nitrogens with one attached hydrogen (secondary N) is 1. The summed E-state index contributed by atoms with van der Waals surface area (Å²) in [6, 6.07) is 0. The van der Waals surface area contributed by atoms with Gasteiger partial charge in [-0.1, -0.05) is 11.6 Å². The number of aldehydes is 1. The Balaban J connectivity index is 2.59. The highest BCUT2D eigenvalue weighted by Crippen LogP contribution is 2.14. The summed E-state index contributed by atoms with van der Waals surface area (Å²) < 4.78 is 0. The van der Waals surface area contributed by atoms with Crippen LogP contribution < -0.4 is 5.32 Å². The molecule has 56 valence electrons. The predicted octanol–water partition coefficient (Wildman–Crippen LogP) is 0.741. The Morgan fingerprint density at radius 3 is 3.00 bits per heavy atom. The number of carbonyl (C=O) groups is 1. The van der Waals surface area contributed by atoms with Gasteiger partial charge < -0.3 is 10.1 Å². The monoisotopic (exact) mass is 139 g/mol. The highest BCUT2D eigenvalue weighted by Gasteiger charge is 2.15. The van der Waals surface area contributed by atoms with Crippen molar-refractivity contribution in [3.05, 3.63) is 11.6 Å². The molecule has 2 heteroatoms. The lowest BCUT2D eigenvalue weighted by Gasteiger charge is -2.20. The first-order valence-corrected chi connectivity index (χ1v) is 3.69. The van der Waals surface area contributed by atoms with Gasteiger partial charge in [0.2, 0.25) is 0 Å². The molecule has 0 spiro atoms. The van der Waals surface area contributed by atoms with E-state index in [0.29, 0.717) is 0 Å². The first-order chi connectivity index (χ1) is 4.88. The molecule has 0 aromatic heterocycles. The van der Waals surface area contributed by atoms with Crippen molar-refractivity contribution in [3.8, 4) is 0 Å². The van der Waals surface area contributed by atoms with E-state index < -0.39 is 0 Å². The van der Waals surface area contributed by atoms with Crippen LogP contribution in [0.2, 0.25) is 0 Å². The van der Waals surface area contributed by atoms with Gasteiger partial charge in [0, 0.05) is 12.5 Å². The highest BCUT2D eigenvalue weighted by molar-refractivity contribution is 5.59. The SMILES string of the molecule is C/C=C1/CNCC[C@@H]1C=O. The van der Waals surface area contributed by atoms with Crippen LogP contribution in [-0.4, -0.2) is 19.4 Å². The van der Waals surface area contributed by atoms with Crippen LogP contribution >= 0.6 is 0 Å². The van der Waals surface area contributed by atoms with Gasteiger partial charge >= 0.3 is 0 Å². The van der Waals surface area contributed by atoms with Crippen LogP contribution in [0.4, 0.5) is 0 Å². The van der Waals surface area contributed by atoms with Crippen LogP contribution in [0, 0.1) is 5.92 Å².